The van der Waals surface area contributed by atoms with E-state index in [1.807, 2.05) is 17.8 Å². The van der Waals surface area contributed by atoms with Crippen molar-refractivity contribution in [1.82, 2.24) is 15.1 Å². The molecule has 1 aromatic heterocycles. The summed E-state index contributed by atoms with van der Waals surface area (Å²) in [5.74, 6) is 2.04. The van der Waals surface area contributed by atoms with Crippen LogP contribution in [0.2, 0.25) is 5.15 Å². The largest absolute Gasteiger partial charge is 0.303 e. The molecular weight excluding hydrogens is 242 g/mol. The molecule has 0 aliphatic rings. The fourth-order valence-electron chi connectivity index (χ4n) is 1.33. The highest BCUT2D eigenvalue weighted by molar-refractivity contribution is 7.98. The Bertz CT molecular complexity index is 288. The van der Waals surface area contributed by atoms with Crippen molar-refractivity contribution in [3.05, 3.63) is 23.0 Å². The fourth-order valence-corrected chi connectivity index (χ4v) is 2.33. The van der Waals surface area contributed by atoms with Gasteiger partial charge in [0.25, 0.3) is 0 Å². The molecule has 1 heterocycles. The summed E-state index contributed by atoms with van der Waals surface area (Å²) >= 11 is 7.55. The number of hydrogen-bond acceptors (Lipinski definition) is 4. The smallest absolute Gasteiger partial charge is 0.151 e. The second kappa shape index (κ2) is 7.87. The minimum atomic E-state index is 0.455. The van der Waals surface area contributed by atoms with Gasteiger partial charge < -0.3 is 4.90 Å². The number of rotatable bonds is 7. The van der Waals surface area contributed by atoms with Crippen LogP contribution in [0.5, 0.6) is 0 Å². The average molecular weight is 260 g/mol. The van der Waals surface area contributed by atoms with Gasteiger partial charge in [-0.05, 0) is 25.2 Å². The maximum atomic E-state index is 5.67. The van der Waals surface area contributed by atoms with Gasteiger partial charge in [0.1, 0.15) is 0 Å². The monoisotopic (exact) mass is 259 g/mol. The Morgan fingerprint density at radius 1 is 1.25 bits per heavy atom. The van der Waals surface area contributed by atoms with Gasteiger partial charge in [0.05, 0.1) is 5.69 Å². The SMILES string of the molecule is CCN(CC)CCSCc1ccc(Cl)nn1. The second-order valence-corrected chi connectivity index (χ2v) is 4.92. The van der Waals surface area contributed by atoms with E-state index in [9.17, 15) is 0 Å². The van der Waals surface area contributed by atoms with E-state index in [4.69, 9.17) is 11.6 Å². The molecule has 0 unspecified atom stereocenters. The van der Waals surface area contributed by atoms with Crippen LogP contribution in [0.25, 0.3) is 0 Å². The van der Waals surface area contributed by atoms with Crippen molar-refractivity contribution < 1.29 is 0 Å². The molecule has 0 N–H and O–H groups in total. The molecule has 0 bridgehead atoms. The quantitative estimate of drug-likeness (QED) is 0.704. The number of hydrogen-bond donors (Lipinski definition) is 0. The molecule has 0 aliphatic carbocycles. The summed E-state index contributed by atoms with van der Waals surface area (Å²) in [7, 11) is 0. The fraction of sp³-hybridized carbons (Fsp3) is 0.636. The van der Waals surface area contributed by atoms with Crippen LogP contribution < -0.4 is 0 Å². The molecule has 0 spiro atoms. The highest BCUT2D eigenvalue weighted by Gasteiger charge is 2.00. The van der Waals surface area contributed by atoms with E-state index >= 15 is 0 Å². The predicted molar refractivity (Wildman–Crippen MR) is 71.0 cm³/mol. The molecule has 1 rings (SSSR count). The summed E-state index contributed by atoms with van der Waals surface area (Å²) in [5, 5.41) is 8.29. The minimum absolute atomic E-state index is 0.455. The van der Waals surface area contributed by atoms with E-state index < -0.39 is 0 Å². The lowest BCUT2D eigenvalue weighted by Crippen LogP contribution is -2.25. The van der Waals surface area contributed by atoms with Gasteiger partial charge in [0.15, 0.2) is 5.15 Å². The molecular formula is C11H18ClN3S. The summed E-state index contributed by atoms with van der Waals surface area (Å²) in [5.41, 5.74) is 0.994. The van der Waals surface area contributed by atoms with E-state index in [-0.39, 0.29) is 0 Å². The maximum Gasteiger partial charge on any atom is 0.151 e. The van der Waals surface area contributed by atoms with Crippen molar-refractivity contribution >= 4 is 23.4 Å². The van der Waals surface area contributed by atoms with Crippen LogP contribution in [0.3, 0.4) is 0 Å². The number of halogens is 1. The molecule has 0 atom stereocenters. The van der Waals surface area contributed by atoms with Crippen molar-refractivity contribution in [2.75, 3.05) is 25.4 Å². The summed E-state index contributed by atoms with van der Waals surface area (Å²) < 4.78 is 0. The average Bonchev–Trinajstić information content (AvgIpc) is 2.32. The Labute approximate surface area is 107 Å². The molecule has 0 fully saturated rings. The molecule has 0 aromatic carbocycles. The molecule has 0 aliphatic heterocycles. The van der Waals surface area contributed by atoms with Crippen LogP contribution in [-0.4, -0.2) is 40.5 Å². The van der Waals surface area contributed by atoms with Gasteiger partial charge in [-0.1, -0.05) is 25.4 Å². The summed E-state index contributed by atoms with van der Waals surface area (Å²) in [6, 6.07) is 3.72. The first-order valence-corrected chi connectivity index (χ1v) is 7.07. The molecule has 90 valence electrons. The Kier molecular flexibility index (Phi) is 6.76. The molecule has 5 heteroatoms. The predicted octanol–water partition coefficient (Wildman–Crippen LogP) is 2.71. The van der Waals surface area contributed by atoms with Gasteiger partial charge >= 0.3 is 0 Å². The third-order valence-electron chi connectivity index (χ3n) is 2.38. The Balaban J connectivity index is 2.18. The third kappa shape index (κ3) is 5.14. The topological polar surface area (TPSA) is 29.0 Å². The highest BCUT2D eigenvalue weighted by atomic mass is 35.5. The summed E-state index contributed by atoms with van der Waals surface area (Å²) in [6.45, 7) is 7.77. The van der Waals surface area contributed by atoms with Crippen molar-refractivity contribution in [3.8, 4) is 0 Å². The normalized spacial score (nSPS) is 11.0. The standard InChI is InChI=1S/C11H18ClN3S/c1-3-15(4-2)7-8-16-9-10-5-6-11(12)14-13-10/h5-6H,3-4,7-9H2,1-2H3. The molecule has 0 radical (unpaired) electrons. The first kappa shape index (κ1) is 13.7. The van der Waals surface area contributed by atoms with Crippen LogP contribution in [-0.2, 0) is 5.75 Å². The van der Waals surface area contributed by atoms with Crippen LogP contribution in [0.1, 0.15) is 19.5 Å². The lowest BCUT2D eigenvalue weighted by atomic mass is 10.4. The van der Waals surface area contributed by atoms with Gasteiger partial charge in [-0.2, -0.15) is 16.9 Å². The first-order valence-electron chi connectivity index (χ1n) is 5.54. The lowest BCUT2D eigenvalue weighted by molar-refractivity contribution is 0.324. The highest BCUT2D eigenvalue weighted by Crippen LogP contribution is 2.11. The van der Waals surface area contributed by atoms with Crippen molar-refractivity contribution in [2.45, 2.75) is 19.6 Å². The van der Waals surface area contributed by atoms with Gasteiger partial charge in [0.2, 0.25) is 0 Å². The van der Waals surface area contributed by atoms with Crippen molar-refractivity contribution in [3.63, 3.8) is 0 Å². The zero-order valence-electron chi connectivity index (χ0n) is 9.82. The van der Waals surface area contributed by atoms with Crippen molar-refractivity contribution in [2.24, 2.45) is 0 Å². The maximum absolute atomic E-state index is 5.67. The van der Waals surface area contributed by atoms with E-state index in [0.717, 1.165) is 36.8 Å². The first-order chi connectivity index (χ1) is 7.76. The molecule has 0 amide bonds. The third-order valence-corrected chi connectivity index (χ3v) is 3.56. The van der Waals surface area contributed by atoms with E-state index in [1.54, 1.807) is 6.07 Å². The number of thioether (sulfide) groups is 1. The molecule has 0 saturated carbocycles. The summed E-state index contributed by atoms with van der Waals surface area (Å²) in [4.78, 5) is 2.42. The van der Waals surface area contributed by atoms with Gasteiger partial charge in [-0.15, -0.1) is 5.10 Å². The number of nitrogens with zero attached hydrogens (tertiary/aromatic N) is 3. The van der Waals surface area contributed by atoms with Gasteiger partial charge in [0, 0.05) is 18.1 Å². The van der Waals surface area contributed by atoms with E-state index in [2.05, 4.69) is 28.9 Å². The zero-order chi connectivity index (χ0) is 11.8. The van der Waals surface area contributed by atoms with Gasteiger partial charge in [-0.25, -0.2) is 0 Å². The van der Waals surface area contributed by atoms with Crippen LogP contribution >= 0.6 is 23.4 Å². The van der Waals surface area contributed by atoms with Crippen molar-refractivity contribution in [1.29, 1.82) is 0 Å². The van der Waals surface area contributed by atoms with E-state index in [0.29, 0.717) is 5.15 Å². The second-order valence-electron chi connectivity index (χ2n) is 3.43. The Morgan fingerprint density at radius 2 is 2.00 bits per heavy atom. The van der Waals surface area contributed by atoms with Crippen LogP contribution in [0, 0.1) is 0 Å². The molecule has 0 saturated heterocycles. The Hall–Kier alpha value is -0.320. The zero-order valence-corrected chi connectivity index (χ0v) is 11.4. The number of aromatic nitrogens is 2. The summed E-state index contributed by atoms with van der Waals surface area (Å²) in [6.07, 6.45) is 0. The van der Waals surface area contributed by atoms with Crippen LogP contribution in [0.4, 0.5) is 0 Å². The van der Waals surface area contributed by atoms with Gasteiger partial charge in [-0.3, -0.25) is 0 Å². The lowest BCUT2D eigenvalue weighted by Gasteiger charge is -2.17. The van der Waals surface area contributed by atoms with E-state index in [1.165, 1.54) is 0 Å². The van der Waals surface area contributed by atoms with Crippen LogP contribution in [0.15, 0.2) is 12.1 Å². The Morgan fingerprint density at radius 3 is 2.56 bits per heavy atom. The molecule has 1 aromatic rings. The molecule has 16 heavy (non-hydrogen) atoms. The minimum Gasteiger partial charge on any atom is -0.303 e. The molecule has 3 nitrogen and oxygen atoms in total.